The number of nitrogens with zero attached hydrogens (tertiary/aromatic N) is 4. The Morgan fingerprint density at radius 3 is 2.36 bits per heavy atom. The second-order valence-electron chi connectivity index (χ2n) is 11.0. The monoisotopic (exact) mass is 606 g/mol. The van der Waals surface area contributed by atoms with Gasteiger partial charge in [-0.2, -0.15) is 0 Å². The van der Waals surface area contributed by atoms with Crippen LogP contribution in [-0.4, -0.2) is 67.2 Å². The number of hydrogen-bond donors (Lipinski definition) is 4. The highest BCUT2D eigenvalue weighted by Gasteiger charge is 2.35. The van der Waals surface area contributed by atoms with Crippen molar-refractivity contribution in [2.45, 2.75) is 37.3 Å². The maximum atomic E-state index is 13.0. The molecule has 3 atom stereocenters. The summed E-state index contributed by atoms with van der Waals surface area (Å²) in [4.78, 5) is 38.4. The van der Waals surface area contributed by atoms with Crippen molar-refractivity contribution < 1.29 is 29.3 Å². The molecule has 12 heteroatoms. The van der Waals surface area contributed by atoms with Crippen molar-refractivity contribution in [1.82, 2.24) is 24.8 Å². The van der Waals surface area contributed by atoms with Crippen LogP contribution >= 0.6 is 0 Å². The van der Waals surface area contributed by atoms with Crippen molar-refractivity contribution in [2.75, 3.05) is 18.5 Å². The third kappa shape index (κ3) is 5.50. The highest BCUT2D eigenvalue weighted by Crippen LogP contribution is 2.44. The van der Waals surface area contributed by atoms with E-state index in [0.29, 0.717) is 16.7 Å². The number of carbonyl (C=O) groups is 2. The molecule has 3 aromatic carbocycles. The van der Waals surface area contributed by atoms with Gasteiger partial charge in [0.2, 0.25) is 0 Å². The van der Waals surface area contributed by atoms with E-state index in [-0.39, 0.29) is 37.9 Å². The molecule has 1 unspecified atom stereocenters. The Balaban J connectivity index is 0.946. The van der Waals surface area contributed by atoms with Crippen molar-refractivity contribution in [2.24, 2.45) is 0 Å². The van der Waals surface area contributed by atoms with E-state index in [1.54, 1.807) is 28.8 Å². The van der Waals surface area contributed by atoms with E-state index < -0.39 is 30.4 Å². The Labute approximate surface area is 257 Å². The first-order valence-electron chi connectivity index (χ1n) is 14.6. The summed E-state index contributed by atoms with van der Waals surface area (Å²) in [5.41, 5.74) is 6.60. The summed E-state index contributed by atoms with van der Waals surface area (Å²) in [5.74, 6) is -0.191. The normalized spacial score (nSPS) is 18.8. The van der Waals surface area contributed by atoms with E-state index in [2.05, 4.69) is 49.9 Å². The van der Waals surface area contributed by atoms with E-state index >= 15 is 0 Å². The first-order chi connectivity index (χ1) is 22.0. The maximum Gasteiger partial charge on any atom is 0.407 e. The van der Waals surface area contributed by atoms with Crippen LogP contribution in [0.2, 0.25) is 0 Å². The fraction of sp³-hybridized carbons (Fsp3) is 0.242. The Hall–Kier alpha value is -5.17. The number of alkyl carbamates (subject to hydrolysis) is 1. The van der Waals surface area contributed by atoms with Gasteiger partial charge in [-0.1, -0.05) is 60.7 Å². The molecule has 0 bridgehead atoms. The zero-order valence-corrected chi connectivity index (χ0v) is 24.0. The summed E-state index contributed by atoms with van der Waals surface area (Å²) in [7, 11) is 0. The van der Waals surface area contributed by atoms with E-state index in [1.807, 2.05) is 24.3 Å². The molecule has 228 valence electrons. The van der Waals surface area contributed by atoms with Gasteiger partial charge < -0.3 is 30.3 Å². The number of amides is 2. The third-order valence-electron chi connectivity index (χ3n) is 8.28. The number of anilines is 1. The van der Waals surface area contributed by atoms with Crippen LogP contribution in [0.3, 0.4) is 0 Å². The lowest BCUT2D eigenvalue weighted by Gasteiger charge is -2.14. The highest BCUT2D eigenvalue weighted by atomic mass is 16.6. The minimum absolute atomic E-state index is 0.0200. The first-order valence-corrected chi connectivity index (χ1v) is 14.6. The Bertz CT molecular complexity index is 1830. The summed E-state index contributed by atoms with van der Waals surface area (Å²) in [6, 6.07) is 23.2. The minimum Gasteiger partial charge on any atom is -0.449 e. The number of nitrogens with one attached hydrogen (secondary N) is 2. The van der Waals surface area contributed by atoms with Crippen LogP contribution < -0.4 is 10.6 Å². The van der Waals surface area contributed by atoms with Crippen LogP contribution in [0.5, 0.6) is 0 Å². The van der Waals surface area contributed by atoms with Crippen LogP contribution in [0.15, 0.2) is 85.5 Å². The molecule has 7 rings (SSSR count). The predicted octanol–water partition coefficient (Wildman–Crippen LogP) is 3.76. The van der Waals surface area contributed by atoms with Crippen molar-refractivity contribution in [3.63, 3.8) is 0 Å². The number of ether oxygens (including phenoxy) is 2. The number of hydrogen-bond acceptors (Lipinski definition) is 9. The van der Waals surface area contributed by atoms with E-state index in [4.69, 9.17) is 9.47 Å². The molecule has 4 N–H and O–H groups in total. The van der Waals surface area contributed by atoms with E-state index in [0.717, 1.165) is 16.7 Å². The van der Waals surface area contributed by atoms with Gasteiger partial charge in [0.15, 0.2) is 17.0 Å². The minimum atomic E-state index is -0.810. The van der Waals surface area contributed by atoms with E-state index in [1.165, 1.54) is 23.8 Å². The second-order valence-corrected chi connectivity index (χ2v) is 11.0. The average Bonchev–Trinajstić information content (AvgIpc) is 3.76. The molecule has 0 spiro atoms. The number of aliphatic hydroxyl groups excluding tert-OH is 2. The number of carbonyl (C=O) groups excluding carboxylic acids is 2. The average molecular weight is 607 g/mol. The SMILES string of the molecule is O=C(NCc1ccc(C(=O)Nc2ncnc3c2ncn3[C@H]2CC(O)[C@@H](CO)O2)cc1)OCC1c2ccccc2-c2ccccc21. The molecular formula is C33H30N6O6. The topological polar surface area (TPSA) is 161 Å². The molecule has 0 saturated carbocycles. The molecule has 1 aliphatic carbocycles. The summed E-state index contributed by atoms with van der Waals surface area (Å²) in [6.07, 6.45) is 0.505. The Kier molecular flexibility index (Phi) is 7.67. The van der Waals surface area contributed by atoms with Crippen LogP contribution in [0.25, 0.3) is 22.3 Å². The lowest BCUT2D eigenvalue weighted by Crippen LogP contribution is -2.25. The summed E-state index contributed by atoms with van der Waals surface area (Å²) < 4.78 is 13.0. The van der Waals surface area contributed by atoms with Gasteiger partial charge in [0.25, 0.3) is 5.91 Å². The summed E-state index contributed by atoms with van der Waals surface area (Å²) >= 11 is 0. The van der Waals surface area contributed by atoms with Crippen molar-refractivity contribution in [3.05, 3.63) is 108 Å². The Morgan fingerprint density at radius 1 is 0.956 bits per heavy atom. The van der Waals surface area contributed by atoms with E-state index in [9.17, 15) is 19.8 Å². The fourth-order valence-electron chi connectivity index (χ4n) is 5.98. The van der Waals surface area contributed by atoms with Gasteiger partial charge >= 0.3 is 6.09 Å². The van der Waals surface area contributed by atoms with Crippen LogP contribution in [-0.2, 0) is 16.0 Å². The van der Waals surface area contributed by atoms with Crippen molar-refractivity contribution >= 4 is 29.0 Å². The number of fused-ring (bicyclic) bond motifs is 4. The number of benzene rings is 3. The predicted molar refractivity (Wildman–Crippen MR) is 163 cm³/mol. The molecule has 5 aromatic rings. The fourth-order valence-corrected chi connectivity index (χ4v) is 5.98. The molecule has 12 nitrogen and oxygen atoms in total. The van der Waals surface area contributed by atoms with Crippen LogP contribution in [0, 0.1) is 0 Å². The van der Waals surface area contributed by atoms with Gasteiger partial charge in [-0.25, -0.2) is 19.7 Å². The van der Waals surface area contributed by atoms with Gasteiger partial charge in [0.05, 0.1) is 19.0 Å². The molecule has 2 aromatic heterocycles. The molecule has 2 amide bonds. The third-order valence-corrected chi connectivity index (χ3v) is 8.28. The molecule has 1 fully saturated rings. The lowest BCUT2D eigenvalue weighted by molar-refractivity contribution is -0.0432. The van der Waals surface area contributed by atoms with Crippen LogP contribution in [0.1, 0.15) is 45.6 Å². The smallest absolute Gasteiger partial charge is 0.407 e. The number of aromatic nitrogens is 4. The van der Waals surface area contributed by atoms with Crippen LogP contribution in [0.4, 0.5) is 10.6 Å². The number of aliphatic hydroxyl groups is 2. The molecule has 1 saturated heterocycles. The molecule has 0 radical (unpaired) electrons. The van der Waals surface area contributed by atoms with Crippen molar-refractivity contribution in [1.29, 1.82) is 0 Å². The Morgan fingerprint density at radius 2 is 1.67 bits per heavy atom. The zero-order valence-electron chi connectivity index (χ0n) is 24.0. The number of rotatable bonds is 8. The van der Waals surface area contributed by atoms with Gasteiger partial charge in [0, 0.05) is 24.4 Å². The second kappa shape index (κ2) is 12.1. The van der Waals surface area contributed by atoms with Gasteiger partial charge in [-0.15, -0.1) is 0 Å². The molecule has 45 heavy (non-hydrogen) atoms. The lowest BCUT2D eigenvalue weighted by atomic mass is 9.98. The highest BCUT2D eigenvalue weighted by molar-refractivity contribution is 6.06. The largest absolute Gasteiger partial charge is 0.449 e. The number of imidazole rings is 1. The molecule has 3 heterocycles. The summed E-state index contributed by atoms with van der Waals surface area (Å²) in [6.45, 7) is 0.161. The zero-order chi connectivity index (χ0) is 30.9. The van der Waals surface area contributed by atoms with Crippen molar-refractivity contribution in [3.8, 4) is 11.1 Å². The molecule has 2 aliphatic rings. The molecular weight excluding hydrogens is 576 g/mol. The quantitative estimate of drug-likeness (QED) is 0.206. The van der Waals surface area contributed by atoms with Gasteiger partial charge in [-0.3, -0.25) is 9.36 Å². The standard InChI is InChI=1S/C33H30N6O6/c40-15-27-26(41)13-28(45-27)39-18-37-29-30(35-17-36-31(29)39)38-32(42)20-11-9-19(10-12-20)14-34-33(43)44-16-25-23-7-3-1-5-21(23)22-6-2-4-8-24(22)25/h1-12,17-18,25-28,40-41H,13-16H2,(H,34,43)(H,35,36,38,42)/t26?,27-,28-/m1/s1. The maximum absolute atomic E-state index is 13.0. The van der Waals surface area contributed by atoms with Gasteiger partial charge in [-0.05, 0) is 39.9 Å². The van der Waals surface area contributed by atoms with Gasteiger partial charge in [0.1, 0.15) is 25.3 Å². The molecule has 1 aliphatic heterocycles. The summed E-state index contributed by atoms with van der Waals surface area (Å²) in [5, 5.41) is 25.1. The first kappa shape index (κ1) is 28.6.